The number of hydrogen-bond donors (Lipinski definition) is 4. The van der Waals surface area contributed by atoms with E-state index in [1.807, 2.05) is 6.92 Å². The lowest BCUT2D eigenvalue weighted by Crippen LogP contribution is -2.18. The predicted octanol–water partition coefficient (Wildman–Crippen LogP) is 3.24. The minimum Gasteiger partial charge on any atom is -0.507 e. The number of carbonyl (C=O) groups excluding carboxylic acids is 2. The molecule has 1 aromatic heterocycles. The summed E-state index contributed by atoms with van der Waals surface area (Å²) in [6, 6.07) is 12.9. The molecule has 0 aliphatic heterocycles. The topological polar surface area (TPSA) is 107 Å². The zero-order valence-electron chi connectivity index (χ0n) is 14.3. The molecule has 3 aromatic rings. The lowest BCUT2D eigenvalue weighted by atomic mass is 10.1. The van der Waals surface area contributed by atoms with Gasteiger partial charge in [-0.15, -0.1) is 0 Å². The van der Waals surface area contributed by atoms with Crippen molar-refractivity contribution in [3.8, 4) is 5.75 Å². The first-order valence-corrected chi connectivity index (χ1v) is 7.98. The molecule has 0 spiro atoms. The maximum absolute atomic E-state index is 12.7. The quantitative estimate of drug-likeness (QED) is 0.579. The highest BCUT2D eigenvalue weighted by Gasteiger charge is 2.17. The third kappa shape index (κ3) is 3.41. The fourth-order valence-electron chi connectivity index (χ4n) is 2.56. The van der Waals surface area contributed by atoms with Crippen LogP contribution in [0.25, 0.3) is 0 Å². The molecule has 1 heterocycles. The van der Waals surface area contributed by atoms with Gasteiger partial charge in [0, 0.05) is 0 Å². The van der Waals surface area contributed by atoms with Crippen LogP contribution in [0.1, 0.15) is 32.1 Å². The van der Waals surface area contributed by atoms with Gasteiger partial charge in [0.05, 0.1) is 33.9 Å². The first-order valence-electron chi connectivity index (χ1n) is 7.98. The lowest BCUT2D eigenvalue weighted by molar-refractivity contribution is 0.102. The Morgan fingerprint density at radius 1 is 0.923 bits per heavy atom. The highest BCUT2D eigenvalue weighted by molar-refractivity contribution is 6.13. The largest absolute Gasteiger partial charge is 0.507 e. The molecule has 7 heteroatoms. The number of aryl methyl sites for hydroxylation is 2. The zero-order valence-corrected chi connectivity index (χ0v) is 14.3. The molecular weight excluding hydrogens is 332 g/mol. The van der Waals surface area contributed by atoms with Crippen molar-refractivity contribution in [2.45, 2.75) is 13.8 Å². The SMILES string of the molecule is Cc1n[nH]c(C)c1NC(=O)c1ccccc1NC(=O)c1ccccc1O. The van der Waals surface area contributed by atoms with Crippen molar-refractivity contribution in [2.75, 3.05) is 10.6 Å². The number of anilines is 2. The van der Waals surface area contributed by atoms with E-state index >= 15 is 0 Å². The number of para-hydroxylation sites is 2. The maximum atomic E-state index is 12.7. The van der Waals surface area contributed by atoms with Crippen LogP contribution in [0.4, 0.5) is 11.4 Å². The monoisotopic (exact) mass is 350 g/mol. The maximum Gasteiger partial charge on any atom is 0.259 e. The Kier molecular flexibility index (Phi) is 4.70. The Bertz CT molecular complexity index is 959. The van der Waals surface area contributed by atoms with Crippen molar-refractivity contribution >= 4 is 23.2 Å². The number of aromatic hydroxyl groups is 1. The normalized spacial score (nSPS) is 10.4. The highest BCUT2D eigenvalue weighted by atomic mass is 16.3. The van der Waals surface area contributed by atoms with Gasteiger partial charge in [-0.05, 0) is 38.1 Å². The number of phenolic OH excluding ortho intramolecular Hbond substituents is 1. The minimum atomic E-state index is -0.501. The van der Waals surface area contributed by atoms with Crippen LogP contribution in [0.15, 0.2) is 48.5 Å². The van der Waals surface area contributed by atoms with E-state index in [0.29, 0.717) is 22.6 Å². The van der Waals surface area contributed by atoms with Gasteiger partial charge < -0.3 is 15.7 Å². The molecule has 0 aliphatic carbocycles. The van der Waals surface area contributed by atoms with Crippen LogP contribution in [0.5, 0.6) is 5.75 Å². The minimum absolute atomic E-state index is 0.128. The van der Waals surface area contributed by atoms with Crippen molar-refractivity contribution in [2.24, 2.45) is 0 Å². The van der Waals surface area contributed by atoms with Gasteiger partial charge in [0.1, 0.15) is 5.75 Å². The molecule has 26 heavy (non-hydrogen) atoms. The second-order valence-electron chi connectivity index (χ2n) is 5.78. The van der Waals surface area contributed by atoms with Crippen LogP contribution in [-0.2, 0) is 0 Å². The van der Waals surface area contributed by atoms with Crippen LogP contribution >= 0.6 is 0 Å². The number of hydrogen-bond acceptors (Lipinski definition) is 4. The summed E-state index contributed by atoms with van der Waals surface area (Å²) in [5.41, 5.74) is 2.80. The van der Waals surface area contributed by atoms with Gasteiger partial charge in [-0.2, -0.15) is 5.10 Å². The van der Waals surface area contributed by atoms with E-state index in [2.05, 4.69) is 20.8 Å². The number of aromatic nitrogens is 2. The molecule has 2 amide bonds. The third-order valence-electron chi connectivity index (χ3n) is 3.94. The molecule has 0 radical (unpaired) electrons. The molecule has 0 unspecified atom stereocenters. The average molecular weight is 350 g/mol. The molecule has 0 fully saturated rings. The van der Waals surface area contributed by atoms with Crippen molar-refractivity contribution in [3.63, 3.8) is 0 Å². The van der Waals surface area contributed by atoms with Gasteiger partial charge in [-0.1, -0.05) is 24.3 Å². The van der Waals surface area contributed by atoms with Crippen LogP contribution in [0.2, 0.25) is 0 Å². The summed E-state index contributed by atoms with van der Waals surface area (Å²) < 4.78 is 0. The van der Waals surface area contributed by atoms with Crippen molar-refractivity contribution in [1.29, 1.82) is 0 Å². The second kappa shape index (κ2) is 7.10. The Morgan fingerprint density at radius 2 is 1.54 bits per heavy atom. The molecule has 0 bridgehead atoms. The number of amides is 2. The molecule has 0 saturated heterocycles. The van der Waals surface area contributed by atoms with Crippen LogP contribution in [-0.4, -0.2) is 27.1 Å². The summed E-state index contributed by atoms with van der Waals surface area (Å²) in [4.78, 5) is 25.1. The summed E-state index contributed by atoms with van der Waals surface area (Å²) >= 11 is 0. The van der Waals surface area contributed by atoms with E-state index in [-0.39, 0.29) is 17.2 Å². The summed E-state index contributed by atoms with van der Waals surface area (Å²) in [7, 11) is 0. The van der Waals surface area contributed by atoms with Crippen LogP contribution in [0, 0.1) is 13.8 Å². The average Bonchev–Trinajstić information content (AvgIpc) is 2.94. The second-order valence-corrected chi connectivity index (χ2v) is 5.78. The molecule has 2 aromatic carbocycles. The summed E-state index contributed by atoms with van der Waals surface area (Å²) in [5.74, 6) is -0.999. The van der Waals surface area contributed by atoms with Crippen molar-refractivity contribution in [1.82, 2.24) is 10.2 Å². The summed E-state index contributed by atoms with van der Waals surface area (Å²) in [5, 5.41) is 22.2. The molecular formula is C19H18N4O3. The van der Waals surface area contributed by atoms with Gasteiger partial charge >= 0.3 is 0 Å². The molecule has 0 saturated carbocycles. The highest BCUT2D eigenvalue weighted by Crippen LogP contribution is 2.23. The molecule has 7 nitrogen and oxygen atoms in total. The molecule has 4 N–H and O–H groups in total. The Hall–Kier alpha value is -3.61. The van der Waals surface area contributed by atoms with E-state index in [9.17, 15) is 14.7 Å². The first kappa shape index (κ1) is 17.2. The van der Waals surface area contributed by atoms with Crippen molar-refractivity contribution < 1.29 is 14.7 Å². The summed E-state index contributed by atoms with van der Waals surface area (Å²) in [6.45, 7) is 3.59. The van der Waals surface area contributed by atoms with E-state index in [0.717, 1.165) is 5.69 Å². The fraction of sp³-hybridized carbons (Fsp3) is 0.105. The van der Waals surface area contributed by atoms with Crippen LogP contribution in [0.3, 0.4) is 0 Å². The van der Waals surface area contributed by atoms with Crippen molar-refractivity contribution in [3.05, 3.63) is 71.0 Å². The third-order valence-corrected chi connectivity index (χ3v) is 3.94. The molecule has 0 aliphatic rings. The van der Waals surface area contributed by atoms with E-state index in [1.165, 1.54) is 12.1 Å². The number of nitrogens with one attached hydrogen (secondary N) is 3. The fourth-order valence-corrected chi connectivity index (χ4v) is 2.56. The van der Waals surface area contributed by atoms with E-state index < -0.39 is 5.91 Å². The number of rotatable bonds is 4. The number of phenols is 1. The Balaban J connectivity index is 1.85. The Labute approximate surface area is 150 Å². The Morgan fingerprint density at radius 3 is 2.19 bits per heavy atom. The number of aromatic amines is 1. The molecule has 0 atom stereocenters. The van der Waals surface area contributed by atoms with Gasteiger partial charge in [-0.25, -0.2) is 0 Å². The van der Waals surface area contributed by atoms with E-state index in [1.54, 1.807) is 43.3 Å². The molecule has 3 rings (SSSR count). The van der Waals surface area contributed by atoms with Gasteiger partial charge in [0.2, 0.25) is 0 Å². The molecule has 132 valence electrons. The smallest absolute Gasteiger partial charge is 0.259 e. The standard InChI is InChI=1S/C19H18N4O3/c1-11-17(12(2)23-22-11)21-18(25)13-7-3-5-9-15(13)20-19(26)14-8-4-6-10-16(14)24/h3-10,24H,1-2H3,(H,20,26)(H,21,25)(H,22,23). The number of carbonyl (C=O) groups is 2. The van der Waals surface area contributed by atoms with Gasteiger partial charge in [-0.3, -0.25) is 14.7 Å². The van der Waals surface area contributed by atoms with Gasteiger partial charge in [0.25, 0.3) is 11.8 Å². The number of H-pyrrole nitrogens is 1. The van der Waals surface area contributed by atoms with Crippen LogP contribution < -0.4 is 10.6 Å². The first-order chi connectivity index (χ1) is 12.5. The predicted molar refractivity (Wildman–Crippen MR) is 98.5 cm³/mol. The lowest BCUT2D eigenvalue weighted by Gasteiger charge is -2.12. The van der Waals surface area contributed by atoms with E-state index in [4.69, 9.17) is 0 Å². The number of benzene rings is 2. The van der Waals surface area contributed by atoms with Gasteiger partial charge in [0.15, 0.2) is 0 Å². The number of nitrogens with zero attached hydrogens (tertiary/aromatic N) is 1. The summed E-state index contributed by atoms with van der Waals surface area (Å²) in [6.07, 6.45) is 0. The zero-order chi connectivity index (χ0) is 18.7.